The molecule has 1 N–H and O–H groups in total. The van der Waals surface area contributed by atoms with Crippen molar-refractivity contribution < 1.29 is 19.0 Å². The van der Waals surface area contributed by atoms with Crippen molar-refractivity contribution in [3.63, 3.8) is 0 Å². The van der Waals surface area contributed by atoms with Crippen molar-refractivity contribution in [3.05, 3.63) is 95.1 Å². The molecular weight excluding hydrogens is 454 g/mol. The summed E-state index contributed by atoms with van der Waals surface area (Å²) in [5.41, 5.74) is 4.77. The summed E-state index contributed by atoms with van der Waals surface area (Å²) in [7, 11) is 1.53. The summed E-state index contributed by atoms with van der Waals surface area (Å²) in [5, 5.41) is 5.28. The molecule has 1 amide bonds. The predicted octanol–water partition coefficient (Wildman–Crippen LogP) is 5.00. The van der Waals surface area contributed by atoms with Crippen molar-refractivity contribution in [2.24, 2.45) is 5.10 Å². The molecule has 0 aliphatic heterocycles. The number of nitrogens with one attached hydrogen (secondary N) is 1. The normalized spacial score (nSPS) is 10.9. The van der Waals surface area contributed by atoms with Gasteiger partial charge in [0.2, 0.25) is 0 Å². The molecule has 4 rings (SSSR count). The van der Waals surface area contributed by atoms with Crippen LogP contribution in [0.2, 0.25) is 5.02 Å². The molecule has 8 heteroatoms. The van der Waals surface area contributed by atoms with Gasteiger partial charge in [0.15, 0.2) is 18.1 Å². The summed E-state index contributed by atoms with van der Waals surface area (Å²) >= 11 is 6.41. The minimum absolute atomic E-state index is 0.205. The third-order valence-electron chi connectivity index (χ3n) is 4.84. The van der Waals surface area contributed by atoms with Crippen LogP contribution in [0.25, 0.3) is 10.9 Å². The van der Waals surface area contributed by atoms with E-state index < -0.39 is 5.91 Å². The summed E-state index contributed by atoms with van der Waals surface area (Å²) in [6.45, 7) is 0.149. The van der Waals surface area contributed by atoms with Crippen molar-refractivity contribution in [1.29, 1.82) is 0 Å². The van der Waals surface area contributed by atoms with Crippen LogP contribution >= 0.6 is 11.6 Å². The Morgan fingerprint density at radius 1 is 1.03 bits per heavy atom. The molecule has 3 aromatic carbocycles. The largest absolute Gasteiger partial charge is 0.493 e. The van der Waals surface area contributed by atoms with Gasteiger partial charge in [0.05, 0.1) is 18.3 Å². The van der Waals surface area contributed by atoms with Crippen molar-refractivity contribution in [2.75, 3.05) is 13.7 Å². The van der Waals surface area contributed by atoms with Crippen LogP contribution in [-0.4, -0.2) is 30.8 Å². The highest BCUT2D eigenvalue weighted by Gasteiger charge is 2.12. The van der Waals surface area contributed by atoms with Crippen molar-refractivity contribution in [3.8, 4) is 17.2 Å². The zero-order valence-electron chi connectivity index (χ0n) is 18.4. The number of hydrogen-bond donors (Lipinski definition) is 1. The van der Waals surface area contributed by atoms with E-state index in [1.165, 1.54) is 13.3 Å². The molecule has 0 saturated carbocycles. The maximum absolute atomic E-state index is 12.2. The van der Waals surface area contributed by atoms with E-state index >= 15 is 0 Å². The van der Waals surface area contributed by atoms with E-state index in [1.54, 1.807) is 24.4 Å². The SMILES string of the molecule is COc1cc(/C=N/NC(=O)COc2cccc3cccnc23)cc(Cl)c1OCc1ccccc1. The van der Waals surface area contributed by atoms with Crippen molar-refractivity contribution in [1.82, 2.24) is 10.4 Å². The second-order valence-corrected chi connectivity index (χ2v) is 7.63. The first-order valence-electron chi connectivity index (χ1n) is 10.5. The highest BCUT2D eigenvalue weighted by molar-refractivity contribution is 6.32. The number of nitrogens with zero attached hydrogens (tertiary/aromatic N) is 2. The highest BCUT2D eigenvalue weighted by Crippen LogP contribution is 2.36. The molecule has 0 atom stereocenters. The molecule has 1 aromatic heterocycles. The molecule has 0 bridgehead atoms. The van der Waals surface area contributed by atoms with E-state index in [2.05, 4.69) is 15.5 Å². The highest BCUT2D eigenvalue weighted by atomic mass is 35.5. The van der Waals surface area contributed by atoms with Gasteiger partial charge in [0, 0.05) is 11.6 Å². The summed E-state index contributed by atoms with van der Waals surface area (Å²) in [4.78, 5) is 16.5. The average molecular weight is 476 g/mol. The van der Waals surface area contributed by atoms with Gasteiger partial charge in [-0.15, -0.1) is 0 Å². The monoisotopic (exact) mass is 475 g/mol. The zero-order valence-corrected chi connectivity index (χ0v) is 19.2. The zero-order chi connectivity index (χ0) is 23.8. The molecule has 0 aliphatic rings. The van der Waals surface area contributed by atoms with Gasteiger partial charge in [-0.05, 0) is 35.4 Å². The number of halogens is 1. The van der Waals surface area contributed by atoms with Gasteiger partial charge in [0.25, 0.3) is 5.91 Å². The second-order valence-electron chi connectivity index (χ2n) is 7.22. The van der Waals surface area contributed by atoms with E-state index in [-0.39, 0.29) is 6.61 Å². The van der Waals surface area contributed by atoms with Gasteiger partial charge in [-0.3, -0.25) is 9.78 Å². The molecule has 4 aromatic rings. The van der Waals surface area contributed by atoms with Crippen LogP contribution in [0, 0.1) is 0 Å². The third kappa shape index (κ3) is 5.82. The molecule has 34 heavy (non-hydrogen) atoms. The van der Waals surface area contributed by atoms with Gasteiger partial charge in [-0.2, -0.15) is 5.10 Å². The lowest BCUT2D eigenvalue weighted by molar-refractivity contribution is -0.123. The van der Waals surface area contributed by atoms with Crippen LogP contribution in [-0.2, 0) is 11.4 Å². The molecular formula is C26H22ClN3O4. The Morgan fingerprint density at radius 2 is 1.85 bits per heavy atom. The van der Waals surface area contributed by atoms with Crippen LogP contribution in [0.1, 0.15) is 11.1 Å². The number of carbonyl (C=O) groups excluding carboxylic acids is 1. The lowest BCUT2D eigenvalue weighted by atomic mass is 10.2. The molecule has 0 fully saturated rings. The first-order chi connectivity index (χ1) is 16.6. The minimum atomic E-state index is -0.412. The first kappa shape index (κ1) is 23.1. The van der Waals surface area contributed by atoms with E-state index in [0.29, 0.717) is 40.0 Å². The summed E-state index contributed by atoms with van der Waals surface area (Å²) in [6, 6.07) is 22.5. The molecule has 172 valence electrons. The summed E-state index contributed by atoms with van der Waals surface area (Å²) < 4.78 is 16.9. The smallest absolute Gasteiger partial charge is 0.277 e. The Bertz CT molecular complexity index is 1310. The fourth-order valence-corrected chi connectivity index (χ4v) is 3.50. The maximum atomic E-state index is 12.2. The van der Waals surface area contributed by atoms with E-state index in [9.17, 15) is 4.79 Å². The topological polar surface area (TPSA) is 82.0 Å². The third-order valence-corrected chi connectivity index (χ3v) is 5.12. The first-order valence-corrected chi connectivity index (χ1v) is 10.8. The van der Waals surface area contributed by atoms with Gasteiger partial charge in [-0.25, -0.2) is 5.43 Å². The molecule has 0 radical (unpaired) electrons. The number of amides is 1. The van der Waals surface area contributed by atoms with Gasteiger partial charge >= 0.3 is 0 Å². The average Bonchev–Trinajstić information content (AvgIpc) is 2.87. The number of carbonyl (C=O) groups is 1. The lowest BCUT2D eigenvalue weighted by Gasteiger charge is -2.13. The quantitative estimate of drug-likeness (QED) is 0.272. The number of hydrogen-bond acceptors (Lipinski definition) is 6. The molecule has 7 nitrogen and oxygen atoms in total. The van der Waals surface area contributed by atoms with E-state index in [1.807, 2.05) is 54.6 Å². The van der Waals surface area contributed by atoms with Crippen LogP contribution in [0.4, 0.5) is 0 Å². The van der Waals surface area contributed by atoms with E-state index in [4.69, 9.17) is 25.8 Å². The number of pyridine rings is 1. The second kappa shape index (κ2) is 11.2. The Balaban J connectivity index is 1.35. The standard InChI is InChI=1S/C26H22ClN3O4/c1-32-23-14-19(13-21(27)26(23)34-16-18-7-3-2-4-8-18)15-29-30-24(31)17-33-22-11-5-9-20-10-6-12-28-25(20)22/h2-15H,16-17H2,1H3,(H,30,31)/b29-15+. The van der Waals surface area contributed by atoms with Crippen LogP contribution in [0.3, 0.4) is 0 Å². The van der Waals surface area contributed by atoms with Gasteiger partial charge in [-0.1, -0.05) is 60.1 Å². The predicted molar refractivity (Wildman–Crippen MR) is 132 cm³/mol. The number of hydrazone groups is 1. The Hall–Kier alpha value is -4.10. The van der Waals surface area contributed by atoms with Gasteiger partial charge < -0.3 is 14.2 Å². The van der Waals surface area contributed by atoms with E-state index in [0.717, 1.165) is 10.9 Å². The molecule has 0 aliphatic carbocycles. The number of aromatic nitrogens is 1. The van der Waals surface area contributed by atoms with Crippen molar-refractivity contribution >= 4 is 34.6 Å². The Morgan fingerprint density at radius 3 is 2.68 bits per heavy atom. The number of methoxy groups -OCH3 is 1. The number of benzene rings is 3. The lowest BCUT2D eigenvalue weighted by Crippen LogP contribution is -2.24. The molecule has 0 unspecified atom stereocenters. The minimum Gasteiger partial charge on any atom is -0.493 e. The molecule has 1 heterocycles. The van der Waals surface area contributed by atoms with Crippen LogP contribution in [0.5, 0.6) is 17.2 Å². The Labute approximate surface area is 201 Å². The Kier molecular flexibility index (Phi) is 7.57. The summed E-state index contributed by atoms with van der Waals surface area (Å²) in [5.74, 6) is 1.01. The number of para-hydroxylation sites is 1. The van der Waals surface area contributed by atoms with Crippen LogP contribution < -0.4 is 19.6 Å². The number of fused-ring (bicyclic) bond motifs is 1. The molecule has 0 spiro atoms. The van der Waals surface area contributed by atoms with Crippen LogP contribution in [0.15, 0.2) is 84.1 Å². The van der Waals surface area contributed by atoms with Crippen molar-refractivity contribution in [2.45, 2.75) is 6.61 Å². The summed E-state index contributed by atoms with van der Waals surface area (Å²) in [6.07, 6.45) is 3.14. The fraction of sp³-hybridized carbons (Fsp3) is 0.115. The number of ether oxygens (including phenoxy) is 3. The van der Waals surface area contributed by atoms with Gasteiger partial charge in [0.1, 0.15) is 17.9 Å². The number of rotatable bonds is 9. The molecule has 0 saturated heterocycles. The maximum Gasteiger partial charge on any atom is 0.277 e. The fourth-order valence-electron chi connectivity index (χ4n) is 3.23.